The van der Waals surface area contributed by atoms with Crippen LogP contribution in [0.3, 0.4) is 0 Å². The lowest BCUT2D eigenvalue weighted by molar-refractivity contribution is -0.139. The number of likely N-dealkylation sites (N-methyl/N-ethyl adjacent to an activating group) is 1. The van der Waals surface area contributed by atoms with Gasteiger partial charge >= 0.3 is 0 Å². The van der Waals surface area contributed by atoms with Gasteiger partial charge in [0.25, 0.3) is 0 Å². The van der Waals surface area contributed by atoms with Crippen LogP contribution in [0.2, 0.25) is 0 Å². The number of halogens is 1. The first kappa shape index (κ1) is 28.4. The van der Waals surface area contributed by atoms with Crippen molar-refractivity contribution in [1.82, 2.24) is 10.2 Å². The summed E-state index contributed by atoms with van der Waals surface area (Å²) in [6.45, 7) is 0.337. The summed E-state index contributed by atoms with van der Waals surface area (Å²) >= 11 is 3.42. The van der Waals surface area contributed by atoms with Crippen LogP contribution in [0.5, 0.6) is 11.5 Å². The van der Waals surface area contributed by atoms with Crippen LogP contribution in [-0.2, 0) is 32.6 Å². The second-order valence-electron chi connectivity index (χ2n) is 9.07. The van der Waals surface area contributed by atoms with Crippen molar-refractivity contribution in [3.05, 3.63) is 88.4 Å². The number of fused-ring (bicyclic) bond motifs is 1. The number of carbonyl (C=O) groups excluding carboxylic acids is 2. The SMILES string of the molecule is CNC(=O)[C@@H](Cc1ccccc1)N(Cc1ccc(Br)cc1)C(=O)CN(c1ccc2c(c1)OCCO2)S(C)(=O)=O. The largest absolute Gasteiger partial charge is 0.486 e. The van der Waals surface area contributed by atoms with Crippen molar-refractivity contribution in [3.63, 3.8) is 0 Å². The Kier molecular flexibility index (Phi) is 9.13. The van der Waals surface area contributed by atoms with Crippen LogP contribution in [0.4, 0.5) is 5.69 Å². The Hall–Kier alpha value is -3.57. The van der Waals surface area contributed by atoms with Crippen molar-refractivity contribution in [2.24, 2.45) is 0 Å². The third-order valence-electron chi connectivity index (χ3n) is 6.28. The Labute approximate surface area is 236 Å². The summed E-state index contributed by atoms with van der Waals surface area (Å²) < 4.78 is 38.9. The van der Waals surface area contributed by atoms with Crippen molar-refractivity contribution in [2.45, 2.75) is 19.0 Å². The first-order valence-corrected chi connectivity index (χ1v) is 15.0. The van der Waals surface area contributed by atoms with E-state index < -0.39 is 28.5 Å². The van der Waals surface area contributed by atoms with Gasteiger partial charge in [-0.1, -0.05) is 58.4 Å². The molecule has 11 heteroatoms. The summed E-state index contributed by atoms with van der Waals surface area (Å²) in [6.07, 6.45) is 1.29. The lowest BCUT2D eigenvalue weighted by Crippen LogP contribution is -2.52. The van der Waals surface area contributed by atoms with Gasteiger partial charge in [0.2, 0.25) is 21.8 Å². The second kappa shape index (κ2) is 12.5. The van der Waals surface area contributed by atoms with E-state index in [1.807, 2.05) is 54.6 Å². The van der Waals surface area contributed by atoms with E-state index in [9.17, 15) is 18.0 Å². The van der Waals surface area contributed by atoms with Crippen molar-refractivity contribution >= 4 is 43.5 Å². The van der Waals surface area contributed by atoms with Gasteiger partial charge in [-0.25, -0.2) is 8.42 Å². The number of ether oxygens (including phenoxy) is 2. The molecule has 3 aromatic carbocycles. The molecule has 1 atom stereocenters. The maximum atomic E-state index is 14.0. The van der Waals surface area contributed by atoms with Gasteiger partial charge in [-0.15, -0.1) is 0 Å². The molecule has 4 rings (SSSR count). The topological polar surface area (TPSA) is 105 Å². The smallest absolute Gasteiger partial charge is 0.244 e. The van der Waals surface area contributed by atoms with Gasteiger partial charge in [0, 0.05) is 30.6 Å². The molecule has 0 spiro atoms. The van der Waals surface area contributed by atoms with E-state index in [2.05, 4.69) is 21.2 Å². The van der Waals surface area contributed by atoms with Crippen LogP contribution in [0.1, 0.15) is 11.1 Å². The Morgan fingerprint density at radius 1 is 0.949 bits per heavy atom. The number of carbonyl (C=O) groups is 2. The van der Waals surface area contributed by atoms with Gasteiger partial charge < -0.3 is 19.7 Å². The highest BCUT2D eigenvalue weighted by Crippen LogP contribution is 2.34. The number of amides is 2. The number of nitrogens with one attached hydrogen (secondary N) is 1. The Morgan fingerprint density at radius 3 is 2.26 bits per heavy atom. The Bertz CT molecular complexity index is 1420. The highest BCUT2D eigenvalue weighted by Gasteiger charge is 2.33. The van der Waals surface area contributed by atoms with Crippen molar-refractivity contribution < 1.29 is 27.5 Å². The van der Waals surface area contributed by atoms with Crippen LogP contribution in [0.15, 0.2) is 77.3 Å². The van der Waals surface area contributed by atoms with E-state index in [0.29, 0.717) is 24.7 Å². The van der Waals surface area contributed by atoms with Crippen LogP contribution in [-0.4, -0.2) is 64.2 Å². The van der Waals surface area contributed by atoms with E-state index in [0.717, 1.165) is 26.2 Å². The maximum absolute atomic E-state index is 14.0. The fraction of sp³-hybridized carbons (Fsp3) is 0.286. The van der Waals surface area contributed by atoms with E-state index in [4.69, 9.17) is 9.47 Å². The van der Waals surface area contributed by atoms with Gasteiger partial charge in [0.05, 0.1) is 11.9 Å². The molecule has 0 saturated heterocycles. The molecule has 0 fully saturated rings. The quantitative estimate of drug-likeness (QED) is 0.375. The van der Waals surface area contributed by atoms with Gasteiger partial charge in [0.1, 0.15) is 25.8 Å². The molecule has 1 aliphatic rings. The fourth-order valence-corrected chi connectivity index (χ4v) is 5.41. The molecule has 1 heterocycles. The Balaban J connectivity index is 1.70. The molecule has 0 aliphatic carbocycles. The highest BCUT2D eigenvalue weighted by atomic mass is 79.9. The number of sulfonamides is 1. The standard InChI is InChI=1S/C28H30BrN3O6S/c1-30-28(34)24(16-20-6-4-3-5-7-20)31(18-21-8-10-22(29)11-9-21)27(33)19-32(39(2,35)36)23-12-13-25-26(17-23)38-15-14-37-25/h3-13,17,24H,14-16,18-19H2,1-2H3,(H,30,34)/t24-/m1/s1. The predicted molar refractivity (Wildman–Crippen MR) is 152 cm³/mol. The molecule has 206 valence electrons. The molecule has 0 bridgehead atoms. The van der Waals surface area contributed by atoms with E-state index in [-0.39, 0.29) is 24.6 Å². The summed E-state index contributed by atoms with van der Waals surface area (Å²) in [6, 6.07) is 20.6. The van der Waals surface area contributed by atoms with Crippen molar-refractivity contribution in [1.29, 1.82) is 0 Å². The van der Waals surface area contributed by atoms with Crippen LogP contribution in [0, 0.1) is 0 Å². The zero-order valence-electron chi connectivity index (χ0n) is 21.7. The second-order valence-corrected chi connectivity index (χ2v) is 11.9. The summed E-state index contributed by atoms with van der Waals surface area (Å²) in [5.74, 6) is 0.0281. The minimum atomic E-state index is -3.88. The third-order valence-corrected chi connectivity index (χ3v) is 7.95. The fourth-order valence-electron chi connectivity index (χ4n) is 4.31. The summed E-state index contributed by atoms with van der Waals surface area (Å²) in [5, 5.41) is 2.66. The summed E-state index contributed by atoms with van der Waals surface area (Å²) in [4.78, 5) is 28.5. The van der Waals surface area contributed by atoms with E-state index >= 15 is 0 Å². The number of hydrogen-bond acceptors (Lipinski definition) is 6. The molecule has 1 aliphatic heterocycles. The van der Waals surface area contributed by atoms with Crippen LogP contribution < -0.4 is 19.1 Å². The maximum Gasteiger partial charge on any atom is 0.244 e. The average molecular weight is 617 g/mol. The zero-order valence-corrected chi connectivity index (χ0v) is 24.1. The van der Waals surface area contributed by atoms with Gasteiger partial charge in [0.15, 0.2) is 11.5 Å². The molecule has 1 N–H and O–H groups in total. The highest BCUT2D eigenvalue weighted by molar-refractivity contribution is 9.10. The van der Waals surface area contributed by atoms with Crippen LogP contribution >= 0.6 is 15.9 Å². The molecule has 0 aromatic heterocycles. The number of nitrogens with zero attached hydrogens (tertiary/aromatic N) is 2. The normalized spacial score (nSPS) is 13.3. The first-order chi connectivity index (χ1) is 18.7. The van der Waals surface area contributed by atoms with Crippen LogP contribution in [0.25, 0.3) is 0 Å². The number of benzene rings is 3. The third kappa shape index (κ3) is 7.30. The monoisotopic (exact) mass is 615 g/mol. The van der Waals surface area contributed by atoms with Crippen molar-refractivity contribution in [3.8, 4) is 11.5 Å². The first-order valence-electron chi connectivity index (χ1n) is 12.3. The number of hydrogen-bond donors (Lipinski definition) is 1. The van der Waals surface area contributed by atoms with Gasteiger partial charge in [-0.05, 0) is 35.4 Å². The van der Waals surface area contributed by atoms with E-state index in [1.54, 1.807) is 18.2 Å². The summed E-state index contributed by atoms with van der Waals surface area (Å²) in [5.41, 5.74) is 1.92. The lowest BCUT2D eigenvalue weighted by Gasteiger charge is -2.33. The van der Waals surface area contributed by atoms with Gasteiger partial charge in [-0.3, -0.25) is 13.9 Å². The molecule has 9 nitrogen and oxygen atoms in total. The van der Waals surface area contributed by atoms with Gasteiger partial charge in [-0.2, -0.15) is 0 Å². The molecule has 2 amide bonds. The Morgan fingerprint density at radius 2 is 1.62 bits per heavy atom. The minimum Gasteiger partial charge on any atom is -0.486 e. The molecular weight excluding hydrogens is 586 g/mol. The molecular formula is C28H30BrN3O6S. The molecule has 39 heavy (non-hydrogen) atoms. The molecule has 0 saturated carbocycles. The lowest BCUT2D eigenvalue weighted by atomic mass is 10.0. The summed E-state index contributed by atoms with van der Waals surface area (Å²) in [7, 11) is -2.36. The van der Waals surface area contributed by atoms with Crippen molar-refractivity contribution in [2.75, 3.05) is 37.4 Å². The molecule has 3 aromatic rings. The average Bonchev–Trinajstić information content (AvgIpc) is 2.93. The number of anilines is 1. The minimum absolute atomic E-state index is 0.107. The van der Waals surface area contributed by atoms with E-state index in [1.165, 1.54) is 11.9 Å². The number of rotatable bonds is 10. The predicted octanol–water partition coefficient (Wildman–Crippen LogP) is 3.37. The molecule has 0 unspecified atom stereocenters. The molecule has 0 radical (unpaired) electrons. The zero-order chi connectivity index (χ0) is 28.0.